The van der Waals surface area contributed by atoms with Gasteiger partial charge in [-0.15, -0.1) is 0 Å². The summed E-state index contributed by atoms with van der Waals surface area (Å²) in [5, 5.41) is 13.3. The molecule has 0 amide bonds. The van der Waals surface area contributed by atoms with Crippen molar-refractivity contribution < 1.29 is 9.90 Å². The molecular formula is C14H20N2O2S. The lowest BCUT2D eigenvalue weighted by Crippen LogP contribution is -2.27. The number of carboxylic acid groups (broad SMARTS) is 1. The smallest absolute Gasteiger partial charge is 0.337 e. The topological polar surface area (TPSA) is 75.3 Å². The molecule has 1 fully saturated rings. The molecule has 0 spiro atoms. The van der Waals surface area contributed by atoms with Crippen molar-refractivity contribution in [2.24, 2.45) is 0 Å². The summed E-state index contributed by atoms with van der Waals surface area (Å²) in [4.78, 5) is 11.2. The number of thioether (sulfide) groups is 1. The lowest BCUT2D eigenvalue weighted by molar-refractivity contribution is 0.0698. The Morgan fingerprint density at radius 2 is 2.05 bits per heavy atom. The van der Waals surface area contributed by atoms with Gasteiger partial charge in [-0.25, -0.2) is 4.79 Å². The number of nitrogens with two attached hydrogens (primary N) is 1. The van der Waals surface area contributed by atoms with Gasteiger partial charge in [-0.3, -0.25) is 0 Å². The number of anilines is 2. The summed E-state index contributed by atoms with van der Waals surface area (Å²) >= 11 is 1.93. The molecule has 1 aliphatic rings. The zero-order valence-corrected chi connectivity index (χ0v) is 11.9. The number of benzene rings is 1. The fourth-order valence-corrected chi connectivity index (χ4v) is 3.27. The molecule has 1 aromatic carbocycles. The SMILES string of the molecule is CSC1CCC(Nc2ccc(N)cc2C(=O)O)CC1. The van der Waals surface area contributed by atoms with Crippen LogP contribution >= 0.6 is 11.8 Å². The van der Waals surface area contributed by atoms with Crippen LogP contribution in [0.4, 0.5) is 11.4 Å². The van der Waals surface area contributed by atoms with E-state index in [0.29, 0.717) is 17.4 Å². The quantitative estimate of drug-likeness (QED) is 0.739. The molecule has 0 aliphatic heterocycles. The predicted molar refractivity (Wildman–Crippen MR) is 81.0 cm³/mol. The highest BCUT2D eigenvalue weighted by molar-refractivity contribution is 7.99. The Balaban J connectivity index is 2.05. The molecule has 0 bridgehead atoms. The van der Waals surface area contributed by atoms with E-state index in [0.717, 1.165) is 18.1 Å². The molecule has 0 saturated heterocycles. The minimum Gasteiger partial charge on any atom is -0.478 e. The molecule has 5 heteroatoms. The van der Waals surface area contributed by atoms with E-state index in [2.05, 4.69) is 11.6 Å². The minimum atomic E-state index is -0.937. The molecule has 104 valence electrons. The molecular weight excluding hydrogens is 260 g/mol. The highest BCUT2D eigenvalue weighted by atomic mass is 32.2. The number of rotatable bonds is 4. The molecule has 0 unspecified atom stereocenters. The summed E-state index contributed by atoms with van der Waals surface area (Å²) in [5.41, 5.74) is 7.05. The fourth-order valence-electron chi connectivity index (χ4n) is 2.53. The molecule has 0 atom stereocenters. The van der Waals surface area contributed by atoms with Gasteiger partial charge in [-0.2, -0.15) is 11.8 Å². The Morgan fingerprint density at radius 1 is 1.37 bits per heavy atom. The van der Waals surface area contributed by atoms with E-state index in [9.17, 15) is 9.90 Å². The molecule has 1 saturated carbocycles. The second kappa shape index (κ2) is 6.19. The lowest BCUT2D eigenvalue weighted by atomic mass is 9.94. The molecule has 1 aliphatic carbocycles. The van der Waals surface area contributed by atoms with Crippen molar-refractivity contribution in [3.8, 4) is 0 Å². The van der Waals surface area contributed by atoms with Crippen molar-refractivity contribution in [1.29, 1.82) is 0 Å². The van der Waals surface area contributed by atoms with Gasteiger partial charge in [0.25, 0.3) is 0 Å². The highest BCUT2D eigenvalue weighted by Crippen LogP contribution is 2.29. The van der Waals surface area contributed by atoms with Crippen LogP contribution in [0.25, 0.3) is 0 Å². The van der Waals surface area contributed by atoms with Crippen LogP contribution in [-0.2, 0) is 0 Å². The van der Waals surface area contributed by atoms with Crippen LogP contribution in [0.1, 0.15) is 36.0 Å². The number of nitrogen functional groups attached to an aromatic ring is 1. The average molecular weight is 280 g/mol. The third-order valence-electron chi connectivity index (χ3n) is 3.64. The Morgan fingerprint density at radius 3 is 2.63 bits per heavy atom. The van der Waals surface area contributed by atoms with Gasteiger partial charge in [0.2, 0.25) is 0 Å². The van der Waals surface area contributed by atoms with Crippen LogP contribution in [0, 0.1) is 0 Å². The van der Waals surface area contributed by atoms with E-state index in [1.54, 1.807) is 12.1 Å². The van der Waals surface area contributed by atoms with E-state index < -0.39 is 5.97 Å². The molecule has 4 N–H and O–H groups in total. The Bertz CT molecular complexity index is 457. The van der Waals surface area contributed by atoms with Crippen molar-refractivity contribution in [1.82, 2.24) is 0 Å². The third-order valence-corrected chi connectivity index (χ3v) is 4.78. The summed E-state index contributed by atoms with van der Waals surface area (Å²) < 4.78 is 0. The number of carbonyl (C=O) groups is 1. The molecule has 0 heterocycles. The summed E-state index contributed by atoms with van der Waals surface area (Å²) in [7, 11) is 0. The number of nitrogens with one attached hydrogen (secondary N) is 1. The average Bonchev–Trinajstić information content (AvgIpc) is 2.41. The van der Waals surface area contributed by atoms with Crippen LogP contribution in [0.15, 0.2) is 18.2 Å². The number of hydrogen-bond acceptors (Lipinski definition) is 4. The largest absolute Gasteiger partial charge is 0.478 e. The van der Waals surface area contributed by atoms with Crippen molar-refractivity contribution in [2.45, 2.75) is 37.0 Å². The van der Waals surface area contributed by atoms with Gasteiger partial charge in [0.05, 0.1) is 5.56 Å². The number of carboxylic acids is 1. The Kier molecular flexibility index (Phi) is 4.58. The maximum absolute atomic E-state index is 11.2. The van der Waals surface area contributed by atoms with Gasteiger partial charge in [-0.1, -0.05) is 0 Å². The summed E-state index contributed by atoms with van der Waals surface area (Å²) in [6.07, 6.45) is 6.72. The van der Waals surface area contributed by atoms with Gasteiger partial charge < -0.3 is 16.2 Å². The number of aromatic carboxylic acids is 1. The Hall–Kier alpha value is -1.36. The zero-order chi connectivity index (χ0) is 13.8. The van der Waals surface area contributed by atoms with Gasteiger partial charge in [-0.05, 0) is 50.1 Å². The maximum atomic E-state index is 11.2. The van der Waals surface area contributed by atoms with Gasteiger partial charge in [0, 0.05) is 22.7 Å². The normalized spacial score (nSPS) is 23.0. The summed E-state index contributed by atoms with van der Waals surface area (Å²) in [5.74, 6) is -0.937. The first-order valence-electron chi connectivity index (χ1n) is 6.52. The van der Waals surface area contributed by atoms with Crippen LogP contribution in [0.2, 0.25) is 0 Å². The van der Waals surface area contributed by atoms with Crippen LogP contribution in [0.3, 0.4) is 0 Å². The minimum absolute atomic E-state index is 0.256. The van der Waals surface area contributed by atoms with Gasteiger partial charge in [0.15, 0.2) is 0 Å². The van der Waals surface area contributed by atoms with E-state index in [4.69, 9.17) is 5.73 Å². The first-order valence-corrected chi connectivity index (χ1v) is 7.81. The van der Waals surface area contributed by atoms with Gasteiger partial charge >= 0.3 is 5.97 Å². The first-order chi connectivity index (χ1) is 9.10. The summed E-state index contributed by atoms with van der Waals surface area (Å²) in [6, 6.07) is 5.38. The van der Waals surface area contributed by atoms with Crippen LogP contribution < -0.4 is 11.1 Å². The van der Waals surface area contributed by atoms with Crippen molar-refractivity contribution in [2.75, 3.05) is 17.3 Å². The summed E-state index contributed by atoms with van der Waals surface area (Å²) in [6.45, 7) is 0. The Labute approximate surface area is 117 Å². The second-order valence-electron chi connectivity index (χ2n) is 4.96. The van der Waals surface area contributed by atoms with E-state index >= 15 is 0 Å². The lowest BCUT2D eigenvalue weighted by Gasteiger charge is -2.29. The fraction of sp³-hybridized carbons (Fsp3) is 0.500. The third kappa shape index (κ3) is 3.56. The van der Waals surface area contributed by atoms with E-state index in [-0.39, 0.29) is 5.56 Å². The zero-order valence-electron chi connectivity index (χ0n) is 11.1. The molecule has 1 aromatic rings. The van der Waals surface area contributed by atoms with Crippen LogP contribution in [0.5, 0.6) is 0 Å². The maximum Gasteiger partial charge on any atom is 0.337 e. The first kappa shape index (κ1) is 14.1. The van der Waals surface area contributed by atoms with Crippen molar-refractivity contribution in [3.63, 3.8) is 0 Å². The molecule has 4 nitrogen and oxygen atoms in total. The van der Waals surface area contributed by atoms with Crippen molar-refractivity contribution in [3.05, 3.63) is 23.8 Å². The standard InChI is InChI=1S/C14H20N2O2S/c1-19-11-5-3-10(4-6-11)16-13-7-2-9(15)8-12(13)14(17)18/h2,7-8,10-11,16H,3-6,15H2,1H3,(H,17,18). The monoisotopic (exact) mass is 280 g/mol. The van der Waals surface area contributed by atoms with Crippen LogP contribution in [-0.4, -0.2) is 28.6 Å². The van der Waals surface area contributed by atoms with Gasteiger partial charge in [0.1, 0.15) is 0 Å². The van der Waals surface area contributed by atoms with Crippen molar-refractivity contribution >= 4 is 29.1 Å². The van der Waals surface area contributed by atoms with E-state index in [1.807, 2.05) is 11.8 Å². The molecule has 2 rings (SSSR count). The molecule has 19 heavy (non-hydrogen) atoms. The highest BCUT2D eigenvalue weighted by Gasteiger charge is 2.21. The second-order valence-corrected chi connectivity index (χ2v) is 6.10. The van der Waals surface area contributed by atoms with E-state index in [1.165, 1.54) is 18.9 Å². The molecule has 0 aromatic heterocycles. The predicted octanol–water partition coefficient (Wildman–Crippen LogP) is 3.05. The number of hydrogen-bond donors (Lipinski definition) is 3. The molecule has 0 radical (unpaired) electrons.